The van der Waals surface area contributed by atoms with E-state index >= 15 is 0 Å². The number of hydrogen-bond acceptors (Lipinski definition) is 3. The van der Waals surface area contributed by atoms with Crippen molar-refractivity contribution in [2.75, 3.05) is 26.2 Å². The molecule has 0 unspecified atom stereocenters. The van der Waals surface area contributed by atoms with Crippen molar-refractivity contribution in [3.63, 3.8) is 0 Å². The predicted octanol–water partition coefficient (Wildman–Crippen LogP) is 3.40. The van der Waals surface area contributed by atoms with E-state index < -0.39 is 12.6 Å². The van der Waals surface area contributed by atoms with Crippen LogP contribution in [0.2, 0.25) is 0 Å². The number of halogens is 3. The molecule has 0 aromatic heterocycles. The highest BCUT2D eigenvalue weighted by atomic mass is 19.4. The molecule has 24 heavy (non-hydrogen) atoms. The molecule has 0 saturated carbocycles. The number of alkyl halides is 3. The van der Waals surface area contributed by atoms with Crippen molar-refractivity contribution >= 4 is 11.9 Å². The molecule has 8 heteroatoms. The van der Waals surface area contributed by atoms with Crippen LogP contribution in [0.25, 0.3) is 0 Å². The first-order chi connectivity index (χ1) is 11.4. The molecular formula is C16H30F3N3O2. The summed E-state index contributed by atoms with van der Waals surface area (Å²) in [4.78, 5) is 15.4. The number of esters is 1. The summed E-state index contributed by atoms with van der Waals surface area (Å²) in [5.41, 5.74) is 0. The molecule has 0 aromatic carbocycles. The summed E-state index contributed by atoms with van der Waals surface area (Å²) < 4.78 is 41.2. The average molecular weight is 353 g/mol. The van der Waals surface area contributed by atoms with Crippen molar-refractivity contribution in [2.45, 2.75) is 65.0 Å². The standard InChI is InChI=1S/C16H30F3N3O2/c1-3-20-15(22-13-11-16(17,18)19)21-12-9-7-5-6-8-10-14(23)24-4-2/h3-13H2,1-2H3,(H2,20,21,22). The van der Waals surface area contributed by atoms with Crippen LogP contribution in [0.5, 0.6) is 0 Å². The van der Waals surface area contributed by atoms with Gasteiger partial charge in [0.1, 0.15) is 0 Å². The second kappa shape index (κ2) is 13.9. The minimum Gasteiger partial charge on any atom is -0.466 e. The van der Waals surface area contributed by atoms with Crippen LogP contribution in [-0.2, 0) is 9.53 Å². The Morgan fingerprint density at radius 2 is 1.71 bits per heavy atom. The SMILES string of the molecule is CCNC(=NCCCCCCCC(=O)OCC)NCCC(F)(F)F. The van der Waals surface area contributed by atoms with E-state index in [1.54, 1.807) is 6.92 Å². The maximum atomic E-state index is 12.1. The number of carbonyl (C=O) groups is 1. The number of ether oxygens (including phenoxy) is 1. The molecule has 0 bridgehead atoms. The Morgan fingerprint density at radius 1 is 1.04 bits per heavy atom. The second-order valence-corrected chi connectivity index (χ2v) is 5.38. The molecule has 0 rings (SSSR count). The number of nitrogens with one attached hydrogen (secondary N) is 2. The van der Waals surface area contributed by atoms with Crippen LogP contribution < -0.4 is 10.6 Å². The van der Waals surface area contributed by atoms with E-state index in [0.29, 0.717) is 32.1 Å². The average Bonchev–Trinajstić information content (AvgIpc) is 2.48. The Hall–Kier alpha value is -1.47. The minimum atomic E-state index is -4.16. The summed E-state index contributed by atoms with van der Waals surface area (Å²) in [6.45, 7) is 5.07. The number of rotatable bonds is 12. The van der Waals surface area contributed by atoms with Crippen LogP contribution in [0.3, 0.4) is 0 Å². The molecular weight excluding hydrogens is 323 g/mol. The monoisotopic (exact) mass is 353 g/mol. The molecule has 0 aromatic rings. The minimum absolute atomic E-state index is 0.151. The van der Waals surface area contributed by atoms with Crippen molar-refractivity contribution in [1.82, 2.24) is 10.6 Å². The molecule has 0 aliphatic heterocycles. The molecule has 2 N–H and O–H groups in total. The summed E-state index contributed by atoms with van der Waals surface area (Å²) in [7, 11) is 0. The van der Waals surface area contributed by atoms with E-state index in [9.17, 15) is 18.0 Å². The number of carbonyl (C=O) groups excluding carboxylic acids is 1. The zero-order valence-corrected chi connectivity index (χ0v) is 14.7. The first kappa shape index (κ1) is 22.5. The highest BCUT2D eigenvalue weighted by Gasteiger charge is 2.26. The van der Waals surface area contributed by atoms with Gasteiger partial charge in [0, 0.05) is 26.1 Å². The lowest BCUT2D eigenvalue weighted by atomic mass is 10.1. The molecule has 0 aliphatic carbocycles. The fraction of sp³-hybridized carbons (Fsp3) is 0.875. The highest BCUT2D eigenvalue weighted by molar-refractivity contribution is 5.79. The molecule has 142 valence electrons. The number of unbranched alkanes of at least 4 members (excludes halogenated alkanes) is 4. The van der Waals surface area contributed by atoms with E-state index in [1.807, 2.05) is 6.92 Å². The molecule has 0 spiro atoms. The number of guanidine groups is 1. The lowest BCUT2D eigenvalue weighted by Crippen LogP contribution is -2.39. The third kappa shape index (κ3) is 15.4. The zero-order chi connectivity index (χ0) is 18.3. The van der Waals surface area contributed by atoms with E-state index in [-0.39, 0.29) is 12.5 Å². The number of hydrogen-bond donors (Lipinski definition) is 2. The van der Waals surface area contributed by atoms with Gasteiger partial charge in [-0.05, 0) is 26.7 Å². The Bertz CT molecular complexity index is 361. The van der Waals surface area contributed by atoms with Gasteiger partial charge in [-0.3, -0.25) is 9.79 Å². The molecule has 0 heterocycles. The lowest BCUT2D eigenvalue weighted by Gasteiger charge is -2.12. The van der Waals surface area contributed by atoms with Gasteiger partial charge in [-0.25, -0.2) is 0 Å². The third-order valence-electron chi connectivity index (χ3n) is 3.16. The van der Waals surface area contributed by atoms with Crippen molar-refractivity contribution in [3.05, 3.63) is 0 Å². The molecule has 0 amide bonds. The number of aliphatic imine (C=N–C) groups is 1. The van der Waals surface area contributed by atoms with E-state index in [1.165, 1.54) is 0 Å². The second-order valence-electron chi connectivity index (χ2n) is 5.38. The van der Waals surface area contributed by atoms with Crippen LogP contribution in [0.4, 0.5) is 13.2 Å². The molecule has 5 nitrogen and oxygen atoms in total. The van der Waals surface area contributed by atoms with Crippen LogP contribution in [-0.4, -0.2) is 44.3 Å². The largest absolute Gasteiger partial charge is 0.466 e. The predicted molar refractivity (Wildman–Crippen MR) is 89.0 cm³/mol. The summed E-state index contributed by atoms with van der Waals surface area (Å²) in [5.74, 6) is 0.270. The Kier molecular flexibility index (Phi) is 13.1. The smallest absolute Gasteiger partial charge is 0.390 e. The fourth-order valence-corrected chi connectivity index (χ4v) is 2.00. The third-order valence-corrected chi connectivity index (χ3v) is 3.16. The molecule has 0 fully saturated rings. The summed E-state index contributed by atoms with van der Waals surface area (Å²) in [6, 6.07) is 0. The normalized spacial score (nSPS) is 12.1. The van der Waals surface area contributed by atoms with Crippen LogP contribution in [0, 0.1) is 0 Å². The van der Waals surface area contributed by atoms with Crippen LogP contribution >= 0.6 is 0 Å². The van der Waals surface area contributed by atoms with Crippen molar-refractivity contribution in [2.24, 2.45) is 4.99 Å². The first-order valence-electron chi connectivity index (χ1n) is 8.63. The highest BCUT2D eigenvalue weighted by Crippen LogP contribution is 2.18. The van der Waals surface area contributed by atoms with Gasteiger partial charge in [-0.2, -0.15) is 13.2 Å². The maximum Gasteiger partial charge on any atom is 0.390 e. The summed E-state index contributed by atoms with van der Waals surface area (Å²) >= 11 is 0. The summed E-state index contributed by atoms with van der Waals surface area (Å²) in [5, 5.41) is 5.60. The zero-order valence-electron chi connectivity index (χ0n) is 14.7. The van der Waals surface area contributed by atoms with Gasteiger partial charge >= 0.3 is 12.1 Å². The summed E-state index contributed by atoms with van der Waals surface area (Å²) in [6.07, 6.45) is 0.0676. The topological polar surface area (TPSA) is 62.7 Å². The molecule has 0 radical (unpaired) electrons. The molecule has 0 atom stereocenters. The van der Waals surface area contributed by atoms with Gasteiger partial charge in [-0.1, -0.05) is 19.3 Å². The Balaban J connectivity index is 3.73. The van der Waals surface area contributed by atoms with Crippen LogP contribution in [0.15, 0.2) is 4.99 Å². The van der Waals surface area contributed by atoms with Crippen LogP contribution in [0.1, 0.15) is 58.8 Å². The number of nitrogens with zero attached hydrogens (tertiary/aromatic N) is 1. The van der Waals surface area contributed by atoms with Gasteiger partial charge < -0.3 is 15.4 Å². The van der Waals surface area contributed by atoms with E-state index in [4.69, 9.17) is 4.74 Å². The van der Waals surface area contributed by atoms with Gasteiger partial charge in [-0.15, -0.1) is 0 Å². The first-order valence-corrected chi connectivity index (χ1v) is 8.63. The van der Waals surface area contributed by atoms with Gasteiger partial charge in [0.15, 0.2) is 5.96 Å². The Labute approximate surface area is 142 Å². The van der Waals surface area contributed by atoms with Crippen molar-refractivity contribution < 1.29 is 22.7 Å². The van der Waals surface area contributed by atoms with Gasteiger partial charge in [0.25, 0.3) is 0 Å². The van der Waals surface area contributed by atoms with Gasteiger partial charge in [0.05, 0.1) is 13.0 Å². The maximum absolute atomic E-state index is 12.1. The van der Waals surface area contributed by atoms with E-state index in [0.717, 1.165) is 32.1 Å². The Morgan fingerprint density at radius 3 is 2.33 bits per heavy atom. The van der Waals surface area contributed by atoms with Crippen molar-refractivity contribution in [3.8, 4) is 0 Å². The van der Waals surface area contributed by atoms with E-state index in [2.05, 4.69) is 15.6 Å². The quantitative estimate of drug-likeness (QED) is 0.244. The lowest BCUT2D eigenvalue weighted by molar-refractivity contribution is -0.143. The van der Waals surface area contributed by atoms with Gasteiger partial charge in [0.2, 0.25) is 0 Å². The molecule has 0 saturated heterocycles. The fourth-order valence-electron chi connectivity index (χ4n) is 2.00. The van der Waals surface area contributed by atoms with Crippen molar-refractivity contribution in [1.29, 1.82) is 0 Å². The molecule has 0 aliphatic rings.